The van der Waals surface area contributed by atoms with E-state index in [1.54, 1.807) is 30.3 Å². The number of halogens is 6. The van der Waals surface area contributed by atoms with Crippen molar-refractivity contribution >= 4 is 21.6 Å². The van der Waals surface area contributed by atoms with E-state index in [1.165, 1.54) is 42.5 Å². The van der Waals surface area contributed by atoms with Gasteiger partial charge in [0.1, 0.15) is 11.4 Å². The summed E-state index contributed by atoms with van der Waals surface area (Å²) in [6, 6.07) is 18.8. The van der Waals surface area contributed by atoms with Crippen molar-refractivity contribution in [3.63, 3.8) is 0 Å². The van der Waals surface area contributed by atoms with Crippen LogP contribution in [0.15, 0.2) is 83.8 Å². The number of hydrogen-bond donors (Lipinski definition) is 1. The van der Waals surface area contributed by atoms with Crippen LogP contribution in [-0.4, -0.2) is 24.4 Å². The van der Waals surface area contributed by atoms with Gasteiger partial charge in [0.2, 0.25) is 10.0 Å². The lowest BCUT2D eigenvalue weighted by Crippen LogP contribution is -2.36. The van der Waals surface area contributed by atoms with E-state index in [0.29, 0.717) is 10.2 Å². The Hall–Kier alpha value is -3.28. The van der Waals surface area contributed by atoms with Gasteiger partial charge in [-0.25, -0.2) is 13.6 Å². The van der Waals surface area contributed by atoms with Crippen molar-refractivity contribution in [2.24, 2.45) is 5.14 Å². The number of primary sulfonamides is 1. The lowest BCUT2D eigenvalue weighted by atomic mass is 9.96. The first kappa shape index (κ1) is 26.8. The summed E-state index contributed by atoms with van der Waals surface area (Å²) in [4.78, 5) is -0.472. The number of rotatable bonds is 7. The van der Waals surface area contributed by atoms with Gasteiger partial charge in [-0.05, 0) is 35.7 Å². The molecule has 2 N–H and O–H groups in total. The molecule has 0 fully saturated rings. The third kappa shape index (κ3) is 5.39. The second kappa shape index (κ2) is 9.88. The Morgan fingerprint density at radius 1 is 0.865 bits per heavy atom. The van der Waals surface area contributed by atoms with Crippen LogP contribution in [0, 0.1) is 0 Å². The third-order valence-electron chi connectivity index (χ3n) is 5.64. The second-order valence-electron chi connectivity index (χ2n) is 8.15. The molecule has 0 unspecified atom stereocenters. The smallest absolute Gasteiger partial charge is 0.261 e. The highest BCUT2D eigenvalue weighted by Gasteiger charge is 2.62. The highest BCUT2D eigenvalue weighted by molar-refractivity contribution is 7.89. The molecule has 4 aromatic rings. The zero-order valence-electron chi connectivity index (χ0n) is 18.9. The molecule has 0 saturated carbocycles. The molecule has 4 rings (SSSR count). The van der Waals surface area contributed by atoms with Gasteiger partial charge in [-0.15, -0.1) is 0 Å². The van der Waals surface area contributed by atoms with Gasteiger partial charge < -0.3 is 0 Å². The summed E-state index contributed by atoms with van der Waals surface area (Å²) < 4.78 is 96.8. The lowest BCUT2D eigenvalue weighted by Gasteiger charge is -2.22. The molecule has 37 heavy (non-hydrogen) atoms. The molecular formula is C25H19ClF5N3O2S. The molecule has 0 aliphatic carbocycles. The van der Waals surface area contributed by atoms with Crippen molar-refractivity contribution in [3.8, 4) is 22.4 Å². The summed E-state index contributed by atoms with van der Waals surface area (Å²) in [5, 5.41) is 9.68. The van der Waals surface area contributed by atoms with Crippen LogP contribution in [0.2, 0.25) is 5.02 Å². The van der Waals surface area contributed by atoms with E-state index >= 15 is 8.78 Å². The van der Waals surface area contributed by atoms with Crippen LogP contribution >= 0.6 is 11.6 Å². The van der Waals surface area contributed by atoms with Crippen LogP contribution in [0.3, 0.4) is 0 Å². The molecule has 12 heteroatoms. The SMILES string of the molecule is NS(=O)(=O)c1ccccc1-c1nn(CCc2ccccc2)c(C(F)(F)C(F)(F)F)c1-c1ccc(Cl)cc1. The van der Waals surface area contributed by atoms with Crippen LogP contribution in [-0.2, 0) is 28.9 Å². The predicted octanol–water partition coefficient (Wildman–Crippen LogP) is 6.41. The van der Waals surface area contributed by atoms with E-state index in [4.69, 9.17) is 16.7 Å². The number of nitrogens with zero attached hydrogens (tertiary/aromatic N) is 2. The molecule has 0 radical (unpaired) electrons. The van der Waals surface area contributed by atoms with Gasteiger partial charge in [-0.3, -0.25) is 4.68 Å². The maximum atomic E-state index is 15.2. The first-order chi connectivity index (χ1) is 17.3. The number of aryl methyl sites for hydroxylation is 2. The van der Waals surface area contributed by atoms with E-state index in [1.807, 2.05) is 0 Å². The predicted molar refractivity (Wildman–Crippen MR) is 130 cm³/mol. The van der Waals surface area contributed by atoms with Crippen molar-refractivity contribution in [3.05, 3.63) is 95.1 Å². The monoisotopic (exact) mass is 555 g/mol. The fraction of sp³-hybridized carbons (Fsp3) is 0.160. The molecule has 0 amide bonds. The first-order valence-corrected chi connectivity index (χ1v) is 12.7. The van der Waals surface area contributed by atoms with E-state index in [2.05, 4.69) is 5.10 Å². The van der Waals surface area contributed by atoms with E-state index in [-0.39, 0.29) is 34.8 Å². The summed E-state index contributed by atoms with van der Waals surface area (Å²) in [6.45, 7) is -0.344. The van der Waals surface area contributed by atoms with Gasteiger partial charge in [0.15, 0.2) is 0 Å². The molecule has 0 atom stereocenters. The molecule has 5 nitrogen and oxygen atoms in total. The number of hydrogen-bond acceptors (Lipinski definition) is 3. The quantitative estimate of drug-likeness (QED) is 0.268. The highest BCUT2D eigenvalue weighted by atomic mass is 35.5. The van der Waals surface area contributed by atoms with Crippen molar-refractivity contribution in [1.29, 1.82) is 0 Å². The number of nitrogens with two attached hydrogens (primary N) is 1. The lowest BCUT2D eigenvalue weighted by molar-refractivity contribution is -0.291. The Morgan fingerprint density at radius 3 is 2.05 bits per heavy atom. The molecule has 0 saturated heterocycles. The molecule has 0 spiro atoms. The van der Waals surface area contributed by atoms with Gasteiger partial charge >= 0.3 is 12.1 Å². The summed E-state index contributed by atoms with van der Waals surface area (Å²) in [5.41, 5.74) is -1.99. The number of aromatic nitrogens is 2. The van der Waals surface area contributed by atoms with E-state index in [9.17, 15) is 21.6 Å². The van der Waals surface area contributed by atoms with Gasteiger partial charge in [0.25, 0.3) is 0 Å². The molecule has 0 bridgehead atoms. The fourth-order valence-corrected chi connectivity index (χ4v) is 4.81. The van der Waals surface area contributed by atoms with Crippen LogP contribution in [0.1, 0.15) is 11.3 Å². The zero-order valence-corrected chi connectivity index (χ0v) is 20.5. The largest absolute Gasteiger partial charge is 0.459 e. The average Bonchev–Trinajstić information content (AvgIpc) is 3.23. The van der Waals surface area contributed by atoms with Gasteiger partial charge in [0.05, 0.1) is 4.90 Å². The van der Waals surface area contributed by atoms with Crippen molar-refractivity contribution in [2.75, 3.05) is 0 Å². The minimum Gasteiger partial charge on any atom is -0.261 e. The summed E-state index contributed by atoms with van der Waals surface area (Å²) in [6.07, 6.45) is -5.88. The van der Waals surface area contributed by atoms with Crippen molar-refractivity contribution in [2.45, 2.75) is 30.0 Å². The molecule has 3 aromatic carbocycles. The van der Waals surface area contributed by atoms with Crippen LogP contribution in [0.5, 0.6) is 0 Å². The Kier molecular flexibility index (Phi) is 7.15. The second-order valence-corrected chi connectivity index (χ2v) is 10.1. The number of sulfonamides is 1. The molecule has 1 heterocycles. The third-order valence-corrected chi connectivity index (χ3v) is 6.86. The molecule has 1 aromatic heterocycles. The number of alkyl halides is 5. The maximum absolute atomic E-state index is 15.2. The summed E-state index contributed by atoms with van der Waals surface area (Å²) >= 11 is 5.92. The Balaban J connectivity index is 2.06. The topological polar surface area (TPSA) is 78.0 Å². The zero-order chi connectivity index (χ0) is 27.0. The van der Waals surface area contributed by atoms with E-state index in [0.717, 1.165) is 6.07 Å². The minimum absolute atomic E-state index is 0.0616. The first-order valence-electron chi connectivity index (χ1n) is 10.8. The fourth-order valence-electron chi connectivity index (χ4n) is 3.95. The Labute approximate surface area is 214 Å². The Morgan fingerprint density at radius 2 is 1.46 bits per heavy atom. The molecular weight excluding hydrogens is 537 g/mol. The van der Waals surface area contributed by atoms with Gasteiger partial charge in [-0.2, -0.15) is 27.1 Å². The number of benzene rings is 3. The minimum atomic E-state index is -5.96. The van der Waals surface area contributed by atoms with Crippen LogP contribution in [0.25, 0.3) is 22.4 Å². The van der Waals surface area contributed by atoms with Gasteiger partial charge in [0, 0.05) is 22.7 Å². The van der Waals surface area contributed by atoms with Crippen molar-refractivity contribution in [1.82, 2.24) is 9.78 Å². The average molecular weight is 556 g/mol. The molecule has 0 aliphatic rings. The van der Waals surface area contributed by atoms with E-state index < -0.39 is 38.3 Å². The molecule has 0 aliphatic heterocycles. The molecule has 194 valence electrons. The Bertz CT molecular complexity index is 1520. The standard InChI is InChI=1S/C25H19ClF5N3O2S/c26-18-12-10-17(11-13-18)21-22(19-8-4-5-9-20(19)37(32,35)36)33-34(15-14-16-6-2-1-3-7-16)23(21)24(27,28)25(29,30)31/h1-13H,14-15H2,(H2,32,35,36). The normalized spacial score (nSPS) is 12.6. The van der Waals surface area contributed by atoms with Crippen molar-refractivity contribution < 1.29 is 30.4 Å². The summed E-state index contributed by atoms with van der Waals surface area (Å²) in [5.74, 6) is -5.33. The van der Waals surface area contributed by atoms with Crippen LogP contribution in [0.4, 0.5) is 22.0 Å². The van der Waals surface area contributed by atoms with Crippen LogP contribution < -0.4 is 5.14 Å². The highest BCUT2D eigenvalue weighted by Crippen LogP contribution is 2.50. The summed E-state index contributed by atoms with van der Waals surface area (Å²) in [7, 11) is -4.39. The maximum Gasteiger partial charge on any atom is 0.459 e. The van der Waals surface area contributed by atoms with Gasteiger partial charge in [-0.1, -0.05) is 72.3 Å².